The highest BCUT2D eigenvalue weighted by atomic mass is 35.5. The van der Waals surface area contributed by atoms with Crippen molar-refractivity contribution in [2.24, 2.45) is 0 Å². The molecule has 0 saturated heterocycles. The average Bonchev–Trinajstić information content (AvgIpc) is 2.35. The molecule has 0 aliphatic heterocycles. The minimum absolute atomic E-state index is 0.0218. The van der Waals surface area contributed by atoms with Crippen molar-refractivity contribution in [2.75, 3.05) is 0 Å². The molecule has 0 heterocycles. The van der Waals surface area contributed by atoms with Crippen molar-refractivity contribution in [3.8, 4) is 12.3 Å². The van der Waals surface area contributed by atoms with Gasteiger partial charge < -0.3 is 5.32 Å². The Hall–Kier alpha value is -2.06. The largest absolute Gasteiger partial charge is 0.338 e. The van der Waals surface area contributed by atoms with E-state index >= 15 is 0 Å². The highest BCUT2D eigenvalue weighted by Crippen LogP contribution is 2.22. The maximum atomic E-state index is 11.8. The van der Waals surface area contributed by atoms with Gasteiger partial charge in [-0.1, -0.05) is 24.4 Å². The molecule has 0 aromatic heterocycles. The van der Waals surface area contributed by atoms with E-state index < -0.39 is 10.8 Å². The summed E-state index contributed by atoms with van der Waals surface area (Å²) < 4.78 is 0. The molecule has 6 heteroatoms. The zero-order valence-corrected chi connectivity index (χ0v) is 10.4. The van der Waals surface area contributed by atoms with Gasteiger partial charge in [-0.3, -0.25) is 14.9 Å². The van der Waals surface area contributed by atoms with Crippen LogP contribution in [0.4, 0.5) is 5.69 Å². The predicted octanol–water partition coefficient (Wildman–Crippen LogP) is 2.39. The Morgan fingerprint density at radius 2 is 2.33 bits per heavy atom. The fourth-order valence-electron chi connectivity index (χ4n) is 1.30. The van der Waals surface area contributed by atoms with Crippen LogP contribution < -0.4 is 5.32 Å². The van der Waals surface area contributed by atoms with Crippen molar-refractivity contribution in [2.45, 2.75) is 19.4 Å². The fourth-order valence-corrected chi connectivity index (χ4v) is 1.56. The molecule has 0 aliphatic rings. The number of rotatable bonds is 4. The van der Waals surface area contributed by atoms with E-state index in [2.05, 4.69) is 11.2 Å². The SMILES string of the molecule is C#CC(CC)NC(=O)c1ccc([N+](=O)[O-])cc1Cl. The Morgan fingerprint density at radius 1 is 1.67 bits per heavy atom. The number of hydrogen-bond donors (Lipinski definition) is 1. The van der Waals surface area contributed by atoms with Gasteiger partial charge >= 0.3 is 0 Å². The highest BCUT2D eigenvalue weighted by molar-refractivity contribution is 6.34. The van der Waals surface area contributed by atoms with Gasteiger partial charge in [-0.25, -0.2) is 0 Å². The minimum atomic E-state index is -0.580. The Morgan fingerprint density at radius 3 is 2.78 bits per heavy atom. The summed E-state index contributed by atoms with van der Waals surface area (Å²) in [5.74, 6) is 1.97. The van der Waals surface area contributed by atoms with E-state index in [1.54, 1.807) is 0 Å². The number of non-ortho nitro benzene ring substituents is 1. The van der Waals surface area contributed by atoms with Gasteiger partial charge in [0, 0.05) is 12.1 Å². The van der Waals surface area contributed by atoms with Crippen molar-refractivity contribution in [3.63, 3.8) is 0 Å². The van der Waals surface area contributed by atoms with Crippen LogP contribution in [0, 0.1) is 22.5 Å². The summed E-state index contributed by atoms with van der Waals surface area (Å²) in [4.78, 5) is 21.8. The molecule has 18 heavy (non-hydrogen) atoms. The lowest BCUT2D eigenvalue weighted by molar-refractivity contribution is -0.384. The van der Waals surface area contributed by atoms with Gasteiger partial charge in [-0.05, 0) is 12.5 Å². The topological polar surface area (TPSA) is 72.2 Å². The summed E-state index contributed by atoms with van der Waals surface area (Å²) >= 11 is 5.82. The first kappa shape index (κ1) is 14.0. The third-order valence-electron chi connectivity index (χ3n) is 2.32. The normalized spacial score (nSPS) is 11.4. The van der Waals surface area contributed by atoms with Crippen LogP contribution in [0.1, 0.15) is 23.7 Å². The van der Waals surface area contributed by atoms with Crippen LogP contribution in [-0.2, 0) is 0 Å². The van der Waals surface area contributed by atoms with Crippen LogP contribution in [0.3, 0.4) is 0 Å². The molecular formula is C12H11ClN2O3. The highest BCUT2D eigenvalue weighted by Gasteiger charge is 2.16. The third-order valence-corrected chi connectivity index (χ3v) is 2.64. The Kier molecular flexibility index (Phi) is 4.69. The maximum absolute atomic E-state index is 11.8. The molecule has 0 saturated carbocycles. The first-order valence-corrected chi connectivity index (χ1v) is 5.58. The van der Waals surface area contributed by atoms with Gasteiger partial charge in [0.1, 0.15) is 0 Å². The third kappa shape index (κ3) is 3.22. The number of amides is 1. The van der Waals surface area contributed by atoms with E-state index in [1.165, 1.54) is 12.1 Å². The maximum Gasteiger partial charge on any atom is 0.270 e. The number of halogens is 1. The molecule has 0 aliphatic carbocycles. The molecule has 0 fully saturated rings. The van der Waals surface area contributed by atoms with Gasteiger partial charge in [-0.15, -0.1) is 6.42 Å². The zero-order valence-electron chi connectivity index (χ0n) is 9.64. The number of terminal acetylenes is 1. The zero-order chi connectivity index (χ0) is 13.7. The van der Waals surface area contributed by atoms with E-state index in [9.17, 15) is 14.9 Å². The van der Waals surface area contributed by atoms with E-state index in [0.29, 0.717) is 6.42 Å². The van der Waals surface area contributed by atoms with E-state index in [4.69, 9.17) is 18.0 Å². The molecule has 1 aromatic rings. The molecule has 0 spiro atoms. The molecule has 1 unspecified atom stereocenters. The smallest absolute Gasteiger partial charge is 0.270 e. The number of carbonyl (C=O) groups excluding carboxylic acids is 1. The van der Waals surface area contributed by atoms with Crippen molar-refractivity contribution in [3.05, 3.63) is 38.9 Å². The van der Waals surface area contributed by atoms with Gasteiger partial charge in [0.25, 0.3) is 11.6 Å². The van der Waals surface area contributed by atoms with Gasteiger partial charge in [0.2, 0.25) is 0 Å². The first-order chi connectivity index (χ1) is 8.49. The van der Waals surface area contributed by atoms with Gasteiger partial charge in [-0.2, -0.15) is 0 Å². The molecule has 0 bridgehead atoms. The number of nitrogens with zero attached hydrogens (tertiary/aromatic N) is 1. The quantitative estimate of drug-likeness (QED) is 0.517. The number of nitro groups is 1. The molecule has 94 valence electrons. The standard InChI is InChI=1S/C12H11ClN2O3/c1-3-8(4-2)14-12(16)10-6-5-9(15(17)18)7-11(10)13/h1,5-8H,4H2,2H3,(H,14,16). The van der Waals surface area contributed by atoms with Gasteiger partial charge in [0.05, 0.1) is 21.6 Å². The molecule has 1 aromatic carbocycles. The van der Waals surface area contributed by atoms with E-state index in [1.807, 2.05) is 6.92 Å². The van der Waals surface area contributed by atoms with Crippen LogP contribution in [0.2, 0.25) is 5.02 Å². The number of nitrogens with one attached hydrogen (secondary N) is 1. The lowest BCUT2D eigenvalue weighted by Gasteiger charge is -2.11. The fraction of sp³-hybridized carbons (Fsp3) is 0.250. The lowest BCUT2D eigenvalue weighted by Crippen LogP contribution is -2.33. The number of carbonyl (C=O) groups is 1. The Labute approximate surface area is 109 Å². The molecule has 1 atom stereocenters. The Bertz CT molecular complexity index is 523. The van der Waals surface area contributed by atoms with Crippen molar-refractivity contribution < 1.29 is 9.72 Å². The second kappa shape index (κ2) is 6.03. The van der Waals surface area contributed by atoms with Crippen molar-refractivity contribution in [1.29, 1.82) is 0 Å². The molecule has 1 amide bonds. The van der Waals surface area contributed by atoms with Crippen molar-refractivity contribution >= 4 is 23.2 Å². The van der Waals surface area contributed by atoms with Crippen molar-refractivity contribution in [1.82, 2.24) is 5.32 Å². The summed E-state index contributed by atoms with van der Waals surface area (Å²) in [6.07, 6.45) is 5.81. The predicted molar refractivity (Wildman–Crippen MR) is 68.5 cm³/mol. The van der Waals surface area contributed by atoms with Crippen LogP contribution >= 0.6 is 11.6 Å². The minimum Gasteiger partial charge on any atom is -0.338 e. The molecular weight excluding hydrogens is 256 g/mol. The van der Waals surface area contributed by atoms with E-state index in [-0.39, 0.29) is 22.3 Å². The summed E-state index contributed by atoms with van der Waals surface area (Å²) in [5.41, 5.74) is -0.00323. The molecule has 1 rings (SSSR count). The summed E-state index contributed by atoms with van der Waals surface area (Å²) in [5, 5.41) is 13.1. The molecule has 5 nitrogen and oxygen atoms in total. The van der Waals surface area contributed by atoms with E-state index in [0.717, 1.165) is 6.07 Å². The number of hydrogen-bond acceptors (Lipinski definition) is 3. The van der Waals surface area contributed by atoms with Crippen LogP contribution in [0.5, 0.6) is 0 Å². The number of nitro benzene ring substituents is 1. The summed E-state index contributed by atoms with van der Waals surface area (Å²) in [6.45, 7) is 1.84. The summed E-state index contributed by atoms with van der Waals surface area (Å²) in [7, 11) is 0. The Balaban J connectivity index is 2.94. The monoisotopic (exact) mass is 266 g/mol. The van der Waals surface area contributed by atoms with Crippen LogP contribution in [0.15, 0.2) is 18.2 Å². The second-order valence-electron chi connectivity index (χ2n) is 3.52. The first-order valence-electron chi connectivity index (χ1n) is 5.20. The lowest BCUT2D eigenvalue weighted by atomic mass is 10.1. The average molecular weight is 267 g/mol. The number of benzene rings is 1. The molecule has 0 radical (unpaired) electrons. The second-order valence-corrected chi connectivity index (χ2v) is 3.93. The van der Waals surface area contributed by atoms with Crippen LogP contribution in [-0.4, -0.2) is 16.9 Å². The molecule has 1 N–H and O–H groups in total. The summed E-state index contributed by atoms with van der Waals surface area (Å²) in [6, 6.07) is 3.27. The van der Waals surface area contributed by atoms with Crippen LogP contribution in [0.25, 0.3) is 0 Å². The van der Waals surface area contributed by atoms with Gasteiger partial charge in [0.15, 0.2) is 0 Å².